The van der Waals surface area contributed by atoms with Crippen molar-refractivity contribution in [2.75, 3.05) is 50.8 Å². The average Bonchev–Trinajstić information content (AvgIpc) is 3.57. The van der Waals surface area contributed by atoms with Gasteiger partial charge in [0.05, 0.1) is 35.4 Å². The second kappa shape index (κ2) is 10.4. The number of halogens is 5. The summed E-state index contributed by atoms with van der Waals surface area (Å²) in [4.78, 5) is 12.6. The van der Waals surface area contributed by atoms with Crippen molar-refractivity contribution in [1.29, 1.82) is 0 Å². The second-order valence-electron chi connectivity index (χ2n) is 12.1. The first-order chi connectivity index (χ1) is 20.6. The number of rotatable bonds is 5. The third kappa shape index (κ3) is 4.87. The molecule has 0 aliphatic carbocycles. The van der Waals surface area contributed by atoms with E-state index in [0.717, 1.165) is 30.3 Å². The molecule has 3 fully saturated rings. The van der Waals surface area contributed by atoms with E-state index in [0.29, 0.717) is 24.0 Å². The van der Waals surface area contributed by atoms with E-state index in [9.17, 15) is 13.2 Å². The van der Waals surface area contributed by atoms with Crippen molar-refractivity contribution >= 4 is 39.2 Å². The monoisotopic (exact) mass is 617 g/mol. The van der Waals surface area contributed by atoms with Crippen LogP contribution in [0.2, 0.25) is 5.02 Å². The first-order valence-corrected chi connectivity index (χ1v) is 14.9. The molecule has 3 aliphatic rings. The van der Waals surface area contributed by atoms with E-state index in [1.165, 1.54) is 4.90 Å². The molecule has 3 aliphatic heterocycles. The highest BCUT2D eigenvalue weighted by Crippen LogP contribution is 2.44. The summed E-state index contributed by atoms with van der Waals surface area (Å²) in [5, 5.41) is 8.21. The van der Waals surface area contributed by atoms with Crippen LogP contribution in [0.5, 0.6) is 6.01 Å². The lowest BCUT2D eigenvalue weighted by atomic mass is 9.95. The lowest BCUT2D eigenvalue weighted by molar-refractivity contribution is 0.0156. The standard InChI is InChI=1S/C30H32ClF4N7O/c1-17-4-5-18-12-37-40(2)26(18)22(17)23-21(31)10-20-25(24(23)33)38-28(39-27(20)41-9-7-36-14-30(34,35)15-41)43-16-29-6-3-8-42(29)13-19(32)11-29/h4-5,10,12,19,36H,3,6-9,11,13-16H2,1-2H3/t19-,29+/m1/s1. The van der Waals surface area contributed by atoms with Crippen molar-refractivity contribution in [1.82, 2.24) is 30.0 Å². The molecule has 5 heterocycles. The summed E-state index contributed by atoms with van der Waals surface area (Å²) < 4.78 is 68.5. The molecule has 228 valence electrons. The van der Waals surface area contributed by atoms with Gasteiger partial charge >= 0.3 is 6.01 Å². The van der Waals surface area contributed by atoms with E-state index in [-0.39, 0.29) is 53.0 Å². The van der Waals surface area contributed by atoms with E-state index in [1.54, 1.807) is 24.0 Å². The number of anilines is 1. The maximum atomic E-state index is 16.8. The van der Waals surface area contributed by atoms with Crippen LogP contribution in [0, 0.1) is 12.7 Å². The Morgan fingerprint density at radius 2 is 2.02 bits per heavy atom. The van der Waals surface area contributed by atoms with Crippen LogP contribution in [0.15, 0.2) is 24.4 Å². The zero-order valence-corrected chi connectivity index (χ0v) is 24.7. The van der Waals surface area contributed by atoms with Crippen molar-refractivity contribution in [3.8, 4) is 17.1 Å². The smallest absolute Gasteiger partial charge is 0.319 e. The minimum atomic E-state index is -3.05. The summed E-state index contributed by atoms with van der Waals surface area (Å²) in [6, 6.07) is 5.18. The van der Waals surface area contributed by atoms with Gasteiger partial charge in [-0.3, -0.25) is 9.58 Å². The van der Waals surface area contributed by atoms with E-state index < -0.39 is 36.5 Å². The second-order valence-corrected chi connectivity index (χ2v) is 12.5. The Labute approximate surface area is 251 Å². The summed E-state index contributed by atoms with van der Waals surface area (Å²) in [5.74, 6) is -3.65. The van der Waals surface area contributed by atoms with Gasteiger partial charge in [-0.05, 0) is 37.9 Å². The van der Waals surface area contributed by atoms with Gasteiger partial charge in [-0.15, -0.1) is 0 Å². The van der Waals surface area contributed by atoms with E-state index in [2.05, 4.69) is 25.3 Å². The number of hydrogen-bond donors (Lipinski definition) is 1. The molecular formula is C30H32ClF4N7O. The van der Waals surface area contributed by atoms with Crippen LogP contribution < -0.4 is 15.0 Å². The van der Waals surface area contributed by atoms with Gasteiger partial charge < -0.3 is 15.0 Å². The van der Waals surface area contributed by atoms with Crippen LogP contribution in [0.3, 0.4) is 0 Å². The van der Waals surface area contributed by atoms with Gasteiger partial charge in [-0.1, -0.05) is 23.7 Å². The highest BCUT2D eigenvalue weighted by atomic mass is 35.5. The highest BCUT2D eigenvalue weighted by molar-refractivity contribution is 6.35. The summed E-state index contributed by atoms with van der Waals surface area (Å²) in [6.45, 7) is 2.48. The molecule has 0 bridgehead atoms. The SMILES string of the molecule is Cc1ccc2cnn(C)c2c1-c1c(Cl)cc2c(N3CCNCC(F)(F)C3)nc(OC[C@@]34CCCN3C[C@H](F)C4)nc2c1F. The number of aryl methyl sites for hydroxylation is 2. The zero-order chi connectivity index (χ0) is 30.1. The predicted molar refractivity (Wildman–Crippen MR) is 158 cm³/mol. The predicted octanol–water partition coefficient (Wildman–Crippen LogP) is 5.28. The van der Waals surface area contributed by atoms with Crippen LogP contribution in [-0.4, -0.2) is 88.2 Å². The Hall–Kier alpha value is -3.22. The molecule has 1 N–H and O–H groups in total. The zero-order valence-electron chi connectivity index (χ0n) is 23.9. The Balaban J connectivity index is 1.40. The molecule has 3 saturated heterocycles. The molecule has 0 unspecified atom stereocenters. The molecule has 4 aromatic rings. The van der Waals surface area contributed by atoms with Gasteiger partial charge in [0.1, 0.15) is 24.1 Å². The summed E-state index contributed by atoms with van der Waals surface area (Å²) in [7, 11) is 1.77. The van der Waals surface area contributed by atoms with E-state index >= 15 is 4.39 Å². The minimum Gasteiger partial charge on any atom is -0.461 e. The molecule has 0 amide bonds. The number of alkyl halides is 3. The topological polar surface area (TPSA) is 71.3 Å². The third-order valence-corrected chi connectivity index (χ3v) is 9.40. The number of benzene rings is 2. The molecule has 0 spiro atoms. The van der Waals surface area contributed by atoms with Crippen molar-refractivity contribution in [3.63, 3.8) is 0 Å². The average molecular weight is 618 g/mol. The van der Waals surface area contributed by atoms with Gasteiger partial charge in [0.25, 0.3) is 5.92 Å². The Kier molecular flexibility index (Phi) is 6.94. The van der Waals surface area contributed by atoms with Gasteiger partial charge in [-0.25, -0.2) is 17.6 Å². The number of nitrogens with zero attached hydrogens (tertiary/aromatic N) is 6. The maximum absolute atomic E-state index is 16.8. The first-order valence-electron chi connectivity index (χ1n) is 14.5. The molecule has 0 radical (unpaired) electrons. The molecule has 8 nitrogen and oxygen atoms in total. The van der Waals surface area contributed by atoms with Crippen molar-refractivity contribution in [2.24, 2.45) is 7.05 Å². The largest absolute Gasteiger partial charge is 0.461 e. The fourth-order valence-electron chi connectivity index (χ4n) is 7.11. The van der Waals surface area contributed by atoms with Crippen molar-refractivity contribution < 1.29 is 22.3 Å². The van der Waals surface area contributed by atoms with Crippen molar-refractivity contribution in [2.45, 2.75) is 43.8 Å². The lowest BCUT2D eigenvalue weighted by Gasteiger charge is -2.31. The molecular weight excluding hydrogens is 586 g/mol. The molecule has 2 atom stereocenters. The number of fused-ring (bicyclic) bond motifs is 3. The minimum absolute atomic E-state index is 0.0888. The normalized spacial score (nSPS) is 24.2. The maximum Gasteiger partial charge on any atom is 0.319 e. The molecule has 0 saturated carbocycles. The summed E-state index contributed by atoms with van der Waals surface area (Å²) in [5.41, 5.74) is 1.60. The Bertz CT molecular complexity index is 1730. The van der Waals surface area contributed by atoms with E-state index in [4.69, 9.17) is 16.3 Å². The van der Waals surface area contributed by atoms with Crippen molar-refractivity contribution in [3.05, 3.63) is 40.8 Å². The third-order valence-electron chi connectivity index (χ3n) is 9.10. The Morgan fingerprint density at radius 3 is 2.86 bits per heavy atom. The Morgan fingerprint density at radius 1 is 1.19 bits per heavy atom. The van der Waals surface area contributed by atoms with Crippen LogP contribution in [0.1, 0.15) is 24.8 Å². The van der Waals surface area contributed by atoms with Crippen LogP contribution in [0.4, 0.5) is 23.4 Å². The fraction of sp³-hybridized carbons (Fsp3) is 0.500. The highest BCUT2D eigenvalue weighted by Gasteiger charge is 2.49. The number of hydrogen-bond acceptors (Lipinski definition) is 7. The molecule has 2 aromatic heterocycles. The van der Waals surface area contributed by atoms with Gasteiger partial charge in [0, 0.05) is 55.0 Å². The van der Waals surface area contributed by atoms with Crippen LogP contribution >= 0.6 is 11.6 Å². The molecule has 43 heavy (non-hydrogen) atoms. The van der Waals surface area contributed by atoms with Crippen LogP contribution in [0.25, 0.3) is 32.9 Å². The summed E-state index contributed by atoms with van der Waals surface area (Å²) in [6.07, 6.45) is 2.76. The van der Waals surface area contributed by atoms with Gasteiger partial charge in [0.15, 0.2) is 5.82 Å². The van der Waals surface area contributed by atoms with E-state index in [1.807, 2.05) is 19.1 Å². The number of aromatic nitrogens is 4. The summed E-state index contributed by atoms with van der Waals surface area (Å²) >= 11 is 6.82. The number of ether oxygens (including phenoxy) is 1. The first kappa shape index (κ1) is 28.5. The quantitative estimate of drug-likeness (QED) is 0.306. The van der Waals surface area contributed by atoms with Crippen LogP contribution in [-0.2, 0) is 7.05 Å². The molecule has 7 rings (SSSR count). The lowest BCUT2D eigenvalue weighted by Crippen LogP contribution is -2.43. The van der Waals surface area contributed by atoms with Gasteiger partial charge in [-0.2, -0.15) is 15.1 Å². The van der Waals surface area contributed by atoms with Gasteiger partial charge in [0.2, 0.25) is 0 Å². The number of nitrogens with one attached hydrogen (secondary N) is 1. The molecule has 13 heteroatoms. The fourth-order valence-corrected chi connectivity index (χ4v) is 7.39. The molecule has 2 aromatic carbocycles.